The topological polar surface area (TPSA) is 62.1 Å². The number of carbonyl (C=O) groups excluding carboxylic acids is 1. The van der Waals surface area contributed by atoms with Crippen LogP contribution in [0.25, 0.3) is 11.0 Å². The summed E-state index contributed by atoms with van der Waals surface area (Å²) in [5.41, 5.74) is 4.39. The number of amides is 1. The molecule has 25 heavy (non-hydrogen) atoms. The number of H-pyrrole nitrogens is 1. The molecule has 1 aliphatic rings. The van der Waals surface area contributed by atoms with Crippen LogP contribution >= 0.6 is 0 Å². The lowest BCUT2D eigenvalue weighted by molar-refractivity contribution is -0.135. The van der Waals surface area contributed by atoms with Crippen LogP contribution < -0.4 is 0 Å². The van der Waals surface area contributed by atoms with Crippen molar-refractivity contribution in [1.29, 1.82) is 0 Å². The van der Waals surface area contributed by atoms with Gasteiger partial charge >= 0.3 is 0 Å². The van der Waals surface area contributed by atoms with Crippen molar-refractivity contribution in [3.63, 3.8) is 0 Å². The van der Waals surface area contributed by atoms with Crippen LogP contribution in [-0.2, 0) is 30.6 Å². The molecule has 1 aliphatic carbocycles. The Morgan fingerprint density at radius 2 is 2.24 bits per heavy atom. The molecule has 1 N–H and O–H groups in total. The summed E-state index contributed by atoms with van der Waals surface area (Å²) >= 11 is 0. The van der Waals surface area contributed by atoms with Crippen molar-refractivity contribution in [1.82, 2.24) is 15.1 Å². The number of carbonyl (C=O) groups is 1. The number of nitrogens with zero attached hydrogens (tertiary/aromatic N) is 2. The monoisotopic (exact) mass is 337 g/mol. The number of aryl methyl sites for hydroxylation is 2. The summed E-state index contributed by atoms with van der Waals surface area (Å²) in [6.45, 7) is 2.68. The molecule has 5 nitrogen and oxygen atoms in total. The molecule has 0 bridgehead atoms. The Balaban J connectivity index is 1.54. The van der Waals surface area contributed by atoms with Gasteiger partial charge in [-0.1, -0.05) is 25.1 Å². The number of aromatic nitrogens is 2. The maximum atomic E-state index is 13.0. The van der Waals surface area contributed by atoms with Gasteiger partial charge < -0.3 is 9.32 Å². The van der Waals surface area contributed by atoms with Gasteiger partial charge in [-0.05, 0) is 30.9 Å². The van der Waals surface area contributed by atoms with Gasteiger partial charge in [0.15, 0.2) is 0 Å². The molecular weight excluding hydrogens is 314 g/mol. The zero-order valence-electron chi connectivity index (χ0n) is 14.7. The molecule has 2 heterocycles. The van der Waals surface area contributed by atoms with Gasteiger partial charge in [-0.3, -0.25) is 9.89 Å². The molecule has 0 fully saturated rings. The van der Waals surface area contributed by atoms with E-state index < -0.39 is 0 Å². The molecule has 5 heteroatoms. The number of hydrogen-bond donors (Lipinski definition) is 1. The largest absolute Gasteiger partial charge is 0.461 e. The fraction of sp³-hybridized carbons (Fsp3) is 0.400. The van der Waals surface area contributed by atoms with Crippen molar-refractivity contribution in [2.24, 2.45) is 5.92 Å². The first kappa shape index (κ1) is 15.9. The van der Waals surface area contributed by atoms with Gasteiger partial charge in [-0.25, -0.2) is 0 Å². The molecule has 130 valence electrons. The molecule has 0 aliphatic heterocycles. The third-order valence-corrected chi connectivity index (χ3v) is 5.24. The Morgan fingerprint density at radius 1 is 1.40 bits per heavy atom. The van der Waals surface area contributed by atoms with E-state index in [2.05, 4.69) is 23.2 Å². The minimum Gasteiger partial charge on any atom is -0.461 e. The first-order valence-corrected chi connectivity index (χ1v) is 8.92. The standard InChI is InChI=1S/C20H23N3O2/c1-3-18-16(15-6-4-5-7-19(15)25-18)12-23(2)20(24)13-8-9-17-14(10-13)11-21-22-17/h4-7,11,13H,3,8-10,12H2,1-2H3,(H,21,22)/t13-/m1/s1. The average molecular weight is 337 g/mol. The molecule has 0 saturated heterocycles. The second kappa shape index (κ2) is 6.39. The van der Waals surface area contributed by atoms with Gasteiger partial charge in [-0.15, -0.1) is 0 Å². The fourth-order valence-corrected chi connectivity index (χ4v) is 3.86. The summed E-state index contributed by atoms with van der Waals surface area (Å²) in [6.07, 6.45) is 5.24. The van der Waals surface area contributed by atoms with Crippen LogP contribution in [0, 0.1) is 5.92 Å². The zero-order valence-corrected chi connectivity index (χ0v) is 14.7. The summed E-state index contributed by atoms with van der Waals surface area (Å²) < 4.78 is 5.96. The van der Waals surface area contributed by atoms with E-state index in [9.17, 15) is 4.79 Å². The van der Waals surface area contributed by atoms with Gasteiger partial charge in [0.25, 0.3) is 0 Å². The Labute approximate surface area is 147 Å². The quantitative estimate of drug-likeness (QED) is 0.793. The number of rotatable bonds is 4. The number of furan rings is 1. The van der Waals surface area contributed by atoms with E-state index in [0.29, 0.717) is 6.54 Å². The summed E-state index contributed by atoms with van der Waals surface area (Å²) in [6, 6.07) is 8.06. The van der Waals surface area contributed by atoms with E-state index in [1.54, 1.807) is 0 Å². The van der Waals surface area contributed by atoms with Crippen LogP contribution in [0.4, 0.5) is 0 Å². The van der Waals surface area contributed by atoms with Gasteiger partial charge in [0.2, 0.25) is 5.91 Å². The van der Waals surface area contributed by atoms with Gasteiger partial charge in [0.1, 0.15) is 11.3 Å². The lowest BCUT2D eigenvalue weighted by Crippen LogP contribution is -2.35. The number of para-hydroxylation sites is 1. The number of nitrogens with one attached hydrogen (secondary N) is 1. The van der Waals surface area contributed by atoms with Crippen LogP contribution in [0.2, 0.25) is 0 Å². The van der Waals surface area contributed by atoms with E-state index in [0.717, 1.165) is 48.0 Å². The van der Waals surface area contributed by atoms with Crippen molar-refractivity contribution >= 4 is 16.9 Å². The lowest BCUT2D eigenvalue weighted by Gasteiger charge is -2.26. The van der Waals surface area contributed by atoms with Crippen LogP contribution in [0.3, 0.4) is 0 Å². The van der Waals surface area contributed by atoms with Gasteiger partial charge in [-0.2, -0.15) is 5.10 Å². The normalized spacial score (nSPS) is 16.8. The highest BCUT2D eigenvalue weighted by atomic mass is 16.3. The molecule has 0 unspecified atom stereocenters. The maximum absolute atomic E-state index is 13.0. The molecule has 1 amide bonds. The molecule has 4 rings (SSSR count). The van der Waals surface area contributed by atoms with Crippen LogP contribution in [-0.4, -0.2) is 28.1 Å². The van der Waals surface area contributed by atoms with E-state index in [-0.39, 0.29) is 11.8 Å². The molecule has 1 aromatic carbocycles. The highest BCUT2D eigenvalue weighted by molar-refractivity contribution is 5.84. The summed E-state index contributed by atoms with van der Waals surface area (Å²) in [7, 11) is 1.90. The first-order chi connectivity index (χ1) is 12.2. The second-order valence-electron chi connectivity index (χ2n) is 6.86. The molecule has 2 aromatic heterocycles. The highest BCUT2D eigenvalue weighted by Gasteiger charge is 2.28. The van der Waals surface area contributed by atoms with E-state index in [4.69, 9.17) is 4.42 Å². The Kier molecular flexibility index (Phi) is 4.07. The average Bonchev–Trinajstić information content (AvgIpc) is 3.24. The van der Waals surface area contributed by atoms with Crippen molar-refractivity contribution in [3.05, 3.63) is 53.0 Å². The van der Waals surface area contributed by atoms with E-state index in [1.807, 2.05) is 36.3 Å². The lowest BCUT2D eigenvalue weighted by atomic mass is 9.87. The Bertz CT molecular complexity index is 909. The second-order valence-corrected chi connectivity index (χ2v) is 6.86. The number of fused-ring (bicyclic) bond motifs is 2. The number of hydrogen-bond acceptors (Lipinski definition) is 3. The highest BCUT2D eigenvalue weighted by Crippen LogP contribution is 2.29. The molecule has 0 saturated carbocycles. The fourth-order valence-electron chi connectivity index (χ4n) is 3.86. The van der Waals surface area contributed by atoms with Crippen LogP contribution in [0.5, 0.6) is 0 Å². The van der Waals surface area contributed by atoms with Crippen LogP contribution in [0.15, 0.2) is 34.9 Å². The molecular formula is C20H23N3O2. The van der Waals surface area contributed by atoms with Crippen LogP contribution in [0.1, 0.15) is 35.9 Å². The molecule has 3 aromatic rings. The van der Waals surface area contributed by atoms with Crippen molar-refractivity contribution < 1.29 is 9.21 Å². The summed E-state index contributed by atoms with van der Waals surface area (Å²) in [5.74, 6) is 1.22. The molecule has 1 atom stereocenters. The van der Waals surface area contributed by atoms with Gasteiger partial charge in [0, 0.05) is 42.6 Å². The Hall–Kier alpha value is -2.56. The first-order valence-electron chi connectivity index (χ1n) is 8.92. The number of benzene rings is 1. The zero-order chi connectivity index (χ0) is 17.4. The maximum Gasteiger partial charge on any atom is 0.226 e. The third-order valence-electron chi connectivity index (χ3n) is 5.24. The predicted molar refractivity (Wildman–Crippen MR) is 96.2 cm³/mol. The van der Waals surface area contributed by atoms with E-state index in [1.165, 1.54) is 11.3 Å². The van der Waals surface area contributed by atoms with Gasteiger partial charge in [0.05, 0.1) is 6.20 Å². The predicted octanol–water partition coefficient (Wildman–Crippen LogP) is 3.48. The summed E-state index contributed by atoms with van der Waals surface area (Å²) in [5, 5.41) is 8.24. The number of aromatic amines is 1. The molecule has 0 spiro atoms. The smallest absolute Gasteiger partial charge is 0.226 e. The van der Waals surface area contributed by atoms with E-state index >= 15 is 0 Å². The van der Waals surface area contributed by atoms with Crippen molar-refractivity contribution in [2.45, 2.75) is 39.2 Å². The SMILES string of the molecule is CCc1oc2ccccc2c1CN(C)C(=O)[C@@H]1CCc2[nH]ncc2C1. The summed E-state index contributed by atoms with van der Waals surface area (Å²) in [4.78, 5) is 14.8. The minimum atomic E-state index is 0.0401. The van der Waals surface area contributed by atoms with Crippen molar-refractivity contribution in [3.8, 4) is 0 Å². The third kappa shape index (κ3) is 2.84. The molecule has 0 radical (unpaired) electrons. The Morgan fingerprint density at radius 3 is 3.08 bits per heavy atom. The minimum absolute atomic E-state index is 0.0401. The van der Waals surface area contributed by atoms with Crippen molar-refractivity contribution in [2.75, 3.05) is 7.05 Å².